The highest BCUT2D eigenvalue weighted by atomic mass is 35.5. The second-order valence-corrected chi connectivity index (χ2v) is 6.40. The molecule has 1 heterocycles. The van der Waals surface area contributed by atoms with Crippen molar-refractivity contribution in [3.63, 3.8) is 0 Å². The van der Waals surface area contributed by atoms with Gasteiger partial charge in [0, 0.05) is 35.4 Å². The smallest absolute Gasteiger partial charge is 0.0470 e. The number of hydrogen-bond donors (Lipinski definition) is 1. The van der Waals surface area contributed by atoms with Crippen molar-refractivity contribution in [2.45, 2.75) is 45.7 Å². The van der Waals surface area contributed by atoms with Gasteiger partial charge in [-0.2, -0.15) is 0 Å². The first-order valence-corrected chi connectivity index (χ1v) is 7.05. The highest BCUT2D eigenvalue weighted by Gasteiger charge is 2.30. The molecule has 1 aromatic rings. The zero-order valence-corrected chi connectivity index (χ0v) is 12.5. The second kappa shape index (κ2) is 5.10. The van der Waals surface area contributed by atoms with Crippen LogP contribution in [-0.4, -0.2) is 24.7 Å². The zero-order chi connectivity index (χ0) is 13.3. The number of nitrogens with one attached hydrogen (secondary N) is 1. The summed E-state index contributed by atoms with van der Waals surface area (Å²) in [6.07, 6.45) is 1.16. The monoisotopic (exact) mass is 266 g/mol. The fraction of sp³-hybridized carbons (Fsp3) is 0.600. The number of hydrogen-bond acceptors (Lipinski definition) is 2. The Balaban J connectivity index is 2.37. The van der Waals surface area contributed by atoms with E-state index < -0.39 is 0 Å². The third-order valence-corrected chi connectivity index (χ3v) is 4.10. The quantitative estimate of drug-likeness (QED) is 0.835. The van der Waals surface area contributed by atoms with Crippen molar-refractivity contribution >= 4 is 17.3 Å². The van der Waals surface area contributed by atoms with E-state index in [0.717, 1.165) is 24.5 Å². The van der Waals surface area contributed by atoms with Crippen molar-refractivity contribution in [3.8, 4) is 0 Å². The van der Waals surface area contributed by atoms with Crippen molar-refractivity contribution in [2.75, 3.05) is 18.0 Å². The lowest BCUT2D eigenvalue weighted by molar-refractivity contribution is 0.447. The van der Waals surface area contributed by atoms with Crippen molar-refractivity contribution < 1.29 is 0 Å². The average molecular weight is 267 g/mol. The first-order chi connectivity index (χ1) is 8.40. The molecule has 2 nitrogen and oxygen atoms in total. The van der Waals surface area contributed by atoms with Crippen molar-refractivity contribution in [1.29, 1.82) is 0 Å². The van der Waals surface area contributed by atoms with Gasteiger partial charge in [0.2, 0.25) is 0 Å². The Morgan fingerprint density at radius 3 is 2.83 bits per heavy atom. The van der Waals surface area contributed by atoms with Crippen molar-refractivity contribution in [3.05, 3.63) is 28.8 Å². The predicted octanol–water partition coefficient (Wildman–Crippen LogP) is 3.62. The summed E-state index contributed by atoms with van der Waals surface area (Å²) in [5.74, 6) is 0. The second-order valence-electron chi connectivity index (χ2n) is 5.97. The summed E-state index contributed by atoms with van der Waals surface area (Å²) in [5, 5.41) is 4.41. The van der Waals surface area contributed by atoms with E-state index in [9.17, 15) is 0 Å². The molecule has 1 unspecified atom stereocenters. The Morgan fingerprint density at radius 2 is 2.11 bits per heavy atom. The molecular weight excluding hydrogens is 244 g/mol. The lowest BCUT2D eigenvalue weighted by atomic mass is 10.0. The van der Waals surface area contributed by atoms with Crippen LogP contribution in [0.4, 0.5) is 5.69 Å². The van der Waals surface area contributed by atoms with E-state index in [4.69, 9.17) is 11.6 Å². The summed E-state index contributed by atoms with van der Waals surface area (Å²) in [6, 6.07) is 6.74. The maximum atomic E-state index is 6.16. The summed E-state index contributed by atoms with van der Waals surface area (Å²) in [4.78, 5) is 2.49. The Labute approximate surface area is 115 Å². The Kier molecular flexibility index (Phi) is 3.88. The van der Waals surface area contributed by atoms with Gasteiger partial charge in [-0.15, -0.1) is 0 Å². The molecule has 0 saturated carbocycles. The number of rotatable bonds is 1. The van der Waals surface area contributed by atoms with Gasteiger partial charge in [0.05, 0.1) is 0 Å². The molecule has 2 rings (SSSR count). The summed E-state index contributed by atoms with van der Waals surface area (Å²) in [5.41, 5.74) is 2.67. The van der Waals surface area contributed by atoms with Crippen LogP contribution >= 0.6 is 11.6 Å². The van der Waals surface area contributed by atoms with Crippen LogP contribution in [0.1, 0.15) is 32.8 Å². The molecule has 3 heteroatoms. The molecule has 100 valence electrons. The SMILES string of the molecule is Cc1ccc(Cl)cc1N1CCC(C)NCC1(C)C. The van der Waals surface area contributed by atoms with Crippen LogP contribution in [0, 0.1) is 6.92 Å². The molecule has 1 aromatic carbocycles. The van der Waals surface area contributed by atoms with Crippen molar-refractivity contribution in [2.24, 2.45) is 0 Å². The third kappa shape index (κ3) is 2.81. The minimum Gasteiger partial charge on any atom is -0.365 e. The van der Waals surface area contributed by atoms with E-state index in [1.54, 1.807) is 0 Å². The first kappa shape index (κ1) is 13.7. The number of anilines is 1. The molecule has 0 bridgehead atoms. The predicted molar refractivity (Wildman–Crippen MR) is 79.7 cm³/mol. The van der Waals surface area contributed by atoms with Gasteiger partial charge >= 0.3 is 0 Å². The summed E-state index contributed by atoms with van der Waals surface area (Å²) >= 11 is 6.16. The molecule has 1 aliphatic heterocycles. The van der Waals surface area contributed by atoms with Gasteiger partial charge in [-0.25, -0.2) is 0 Å². The van der Waals surface area contributed by atoms with Crippen LogP contribution in [-0.2, 0) is 0 Å². The summed E-state index contributed by atoms with van der Waals surface area (Å²) in [6.45, 7) is 11.1. The van der Waals surface area contributed by atoms with Crippen LogP contribution in [0.25, 0.3) is 0 Å². The minimum absolute atomic E-state index is 0.111. The maximum absolute atomic E-state index is 6.16. The van der Waals surface area contributed by atoms with Crippen LogP contribution in [0.2, 0.25) is 5.02 Å². The molecule has 1 N–H and O–H groups in total. The average Bonchev–Trinajstić information content (AvgIpc) is 2.43. The molecule has 1 saturated heterocycles. The largest absolute Gasteiger partial charge is 0.365 e. The molecule has 1 aliphatic rings. The first-order valence-electron chi connectivity index (χ1n) is 6.67. The van der Waals surface area contributed by atoms with Gasteiger partial charge < -0.3 is 10.2 Å². The van der Waals surface area contributed by atoms with Gasteiger partial charge in [0.15, 0.2) is 0 Å². The Morgan fingerprint density at radius 1 is 1.39 bits per heavy atom. The molecule has 0 aromatic heterocycles. The number of benzene rings is 1. The molecule has 0 spiro atoms. The number of halogens is 1. The van der Waals surface area contributed by atoms with E-state index in [-0.39, 0.29) is 5.54 Å². The molecule has 0 amide bonds. The summed E-state index contributed by atoms with van der Waals surface area (Å²) in [7, 11) is 0. The lowest BCUT2D eigenvalue weighted by Gasteiger charge is -2.39. The van der Waals surface area contributed by atoms with Crippen molar-refractivity contribution in [1.82, 2.24) is 5.32 Å². The fourth-order valence-corrected chi connectivity index (χ4v) is 2.73. The third-order valence-electron chi connectivity index (χ3n) is 3.86. The number of aryl methyl sites for hydroxylation is 1. The van der Waals surface area contributed by atoms with E-state index in [2.05, 4.69) is 50.0 Å². The molecular formula is C15H23ClN2. The highest BCUT2D eigenvalue weighted by molar-refractivity contribution is 6.30. The van der Waals surface area contributed by atoms with Crippen LogP contribution in [0.5, 0.6) is 0 Å². The molecule has 1 fully saturated rings. The van der Waals surface area contributed by atoms with Gasteiger partial charge in [-0.3, -0.25) is 0 Å². The minimum atomic E-state index is 0.111. The molecule has 0 radical (unpaired) electrons. The van der Waals surface area contributed by atoms with Gasteiger partial charge in [0.25, 0.3) is 0 Å². The van der Waals surface area contributed by atoms with E-state index in [1.807, 2.05) is 6.07 Å². The van der Waals surface area contributed by atoms with E-state index >= 15 is 0 Å². The van der Waals surface area contributed by atoms with E-state index in [1.165, 1.54) is 11.3 Å². The standard InChI is InChI=1S/C15H23ClN2/c1-11-5-6-13(16)9-14(11)18-8-7-12(2)17-10-15(18,3)4/h5-6,9,12,17H,7-8,10H2,1-4H3. The molecule has 0 aliphatic carbocycles. The fourth-order valence-electron chi connectivity index (χ4n) is 2.57. The summed E-state index contributed by atoms with van der Waals surface area (Å²) < 4.78 is 0. The molecule has 1 atom stereocenters. The van der Waals surface area contributed by atoms with E-state index in [0.29, 0.717) is 6.04 Å². The zero-order valence-electron chi connectivity index (χ0n) is 11.8. The van der Waals surface area contributed by atoms with Crippen LogP contribution in [0.15, 0.2) is 18.2 Å². The van der Waals surface area contributed by atoms with Gasteiger partial charge in [-0.1, -0.05) is 17.7 Å². The van der Waals surface area contributed by atoms with Crippen LogP contribution in [0.3, 0.4) is 0 Å². The number of nitrogens with zero attached hydrogens (tertiary/aromatic N) is 1. The van der Waals surface area contributed by atoms with Crippen LogP contribution < -0.4 is 10.2 Å². The Bertz CT molecular complexity index is 429. The topological polar surface area (TPSA) is 15.3 Å². The lowest BCUT2D eigenvalue weighted by Crippen LogP contribution is -2.49. The van der Waals surface area contributed by atoms with Gasteiger partial charge in [0.1, 0.15) is 0 Å². The highest BCUT2D eigenvalue weighted by Crippen LogP contribution is 2.31. The molecule has 18 heavy (non-hydrogen) atoms. The van der Waals surface area contributed by atoms with Gasteiger partial charge in [-0.05, 0) is 51.8 Å². The maximum Gasteiger partial charge on any atom is 0.0470 e. The Hall–Kier alpha value is -0.730. The normalized spacial score (nSPS) is 23.8.